The minimum absolute atomic E-state index is 0.235. The van der Waals surface area contributed by atoms with Crippen molar-refractivity contribution in [1.29, 1.82) is 5.26 Å². The van der Waals surface area contributed by atoms with E-state index in [2.05, 4.69) is 81.9 Å². The highest BCUT2D eigenvalue weighted by Crippen LogP contribution is 2.42. The van der Waals surface area contributed by atoms with Crippen molar-refractivity contribution in [2.75, 3.05) is 25.0 Å². The Bertz CT molecular complexity index is 1500. The van der Waals surface area contributed by atoms with E-state index < -0.39 is 0 Å². The molecule has 4 heterocycles. The molecule has 3 aliphatic rings. The quantitative estimate of drug-likeness (QED) is 0.407. The highest BCUT2D eigenvalue weighted by atomic mass is 16.2. The average molecular weight is 491 g/mol. The van der Waals surface area contributed by atoms with E-state index in [-0.39, 0.29) is 6.03 Å². The van der Waals surface area contributed by atoms with Crippen LogP contribution >= 0.6 is 0 Å². The van der Waals surface area contributed by atoms with Crippen LogP contribution in [0.5, 0.6) is 0 Å². The van der Waals surface area contributed by atoms with E-state index in [0.29, 0.717) is 35.7 Å². The molecular formula is C30H30N6O. The molecule has 1 aromatic heterocycles. The Morgan fingerprint density at radius 2 is 1.95 bits per heavy atom. The van der Waals surface area contributed by atoms with E-state index in [0.717, 1.165) is 30.8 Å². The smallest absolute Gasteiger partial charge is 0.319 e. The van der Waals surface area contributed by atoms with Gasteiger partial charge in [0.1, 0.15) is 0 Å². The standard InChI is InChI=1S/C30H30N6O/c1-35-29(16-28(34-35)24-10-9-21-6-2-3-7-22(21)14-24)27-19-36-12-11-23(27)15-26(36)18-32-30(37)33-25-8-4-5-20(13-25)17-31/h2-10,13-14,16,23,26-27H,11-12,15,18-19H2,1H3,(H2,32,33,37). The number of piperidine rings is 3. The fraction of sp³-hybridized carbons (Fsp3) is 0.300. The van der Waals surface area contributed by atoms with Crippen molar-refractivity contribution in [3.05, 3.63) is 84.1 Å². The zero-order chi connectivity index (χ0) is 25.4. The monoisotopic (exact) mass is 490 g/mol. The number of hydrogen-bond acceptors (Lipinski definition) is 4. The molecule has 4 aromatic rings. The number of amides is 2. The van der Waals surface area contributed by atoms with Crippen LogP contribution in [0.3, 0.4) is 0 Å². The predicted octanol–water partition coefficient (Wildman–Crippen LogP) is 5.11. The van der Waals surface area contributed by atoms with Gasteiger partial charge in [-0.05, 0) is 66.4 Å². The number of urea groups is 1. The van der Waals surface area contributed by atoms with Crippen molar-refractivity contribution in [2.24, 2.45) is 13.0 Å². The van der Waals surface area contributed by atoms with E-state index in [4.69, 9.17) is 10.4 Å². The molecule has 186 valence electrons. The number of benzene rings is 3. The number of aryl methyl sites for hydroxylation is 1. The lowest BCUT2D eigenvalue weighted by molar-refractivity contribution is 0.0296. The van der Waals surface area contributed by atoms with Crippen LogP contribution in [-0.4, -0.2) is 46.4 Å². The molecule has 37 heavy (non-hydrogen) atoms. The molecule has 3 aromatic carbocycles. The number of fused-ring (bicyclic) bond motifs is 4. The summed E-state index contributed by atoms with van der Waals surface area (Å²) in [6.45, 7) is 2.66. The largest absolute Gasteiger partial charge is 0.336 e. The van der Waals surface area contributed by atoms with Crippen molar-refractivity contribution in [3.8, 4) is 17.3 Å². The molecule has 2 amide bonds. The Kier molecular flexibility index (Phi) is 6.11. The summed E-state index contributed by atoms with van der Waals surface area (Å²) in [4.78, 5) is 15.0. The molecule has 0 saturated carbocycles. The molecule has 2 bridgehead atoms. The summed E-state index contributed by atoms with van der Waals surface area (Å²) >= 11 is 0. The van der Waals surface area contributed by atoms with Crippen LogP contribution < -0.4 is 10.6 Å². The Balaban J connectivity index is 1.11. The van der Waals surface area contributed by atoms with Gasteiger partial charge in [-0.15, -0.1) is 0 Å². The molecular weight excluding hydrogens is 460 g/mol. The molecule has 0 aliphatic carbocycles. The zero-order valence-electron chi connectivity index (χ0n) is 20.9. The number of carbonyl (C=O) groups excluding carboxylic acids is 1. The molecule has 4 unspecified atom stereocenters. The van der Waals surface area contributed by atoms with Crippen LogP contribution in [-0.2, 0) is 7.05 Å². The Labute approximate surface area is 216 Å². The van der Waals surface area contributed by atoms with Gasteiger partial charge in [0, 0.05) is 49.0 Å². The summed E-state index contributed by atoms with van der Waals surface area (Å²) in [5.41, 5.74) is 4.61. The number of nitrogens with one attached hydrogen (secondary N) is 2. The Morgan fingerprint density at radius 3 is 2.76 bits per heavy atom. The van der Waals surface area contributed by atoms with Gasteiger partial charge in [-0.2, -0.15) is 10.4 Å². The number of hydrogen-bond donors (Lipinski definition) is 2. The molecule has 3 fully saturated rings. The lowest BCUT2D eigenvalue weighted by Gasteiger charge is -2.49. The molecule has 7 heteroatoms. The minimum Gasteiger partial charge on any atom is -0.336 e. The van der Waals surface area contributed by atoms with Crippen molar-refractivity contribution < 1.29 is 4.79 Å². The highest BCUT2D eigenvalue weighted by Gasteiger charge is 2.41. The molecule has 0 radical (unpaired) electrons. The van der Waals surface area contributed by atoms with Gasteiger partial charge in [-0.3, -0.25) is 9.58 Å². The van der Waals surface area contributed by atoms with Gasteiger partial charge < -0.3 is 10.6 Å². The van der Waals surface area contributed by atoms with Gasteiger partial charge in [0.2, 0.25) is 0 Å². The SMILES string of the molecule is Cn1nc(-c2ccc3ccccc3c2)cc1C1CN2CCC1CC2CNC(=O)Nc1cccc(C#N)c1. The molecule has 0 spiro atoms. The summed E-state index contributed by atoms with van der Waals surface area (Å²) in [7, 11) is 2.06. The normalized spacial score (nSPS) is 22.5. The van der Waals surface area contributed by atoms with E-state index in [1.807, 2.05) is 0 Å². The number of anilines is 1. The summed E-state index contributed by atoms with van der Waals surface area (Å²) < 4.78 is 2.06. The summed E-state index contributed by atoms with van der Waals surface area (Å²) in [5.74, 6) is 1.02. The third-order valence-corrected chi connectivity index (χ3v) is 7.97. The highest BCUT2D eigenvalue weighted by molar-refractivity contribution is 5.89. The van der Waals surface area contributed by atoms with Gasteiger partial charge in [-0.1, -0.05) is 42.5 Å². The van der Waals surface area contributed by atoms with E-state index in [1.54, 1.807) is 24.3 Å². The molecule has 7 rings (SSSR count). The fourth-order valence-corrected chi connectivity index (χ4v) is 6.06. The van der Waals surface area contributed by atoms with Crippen LogP contribution in [0.1, 0.15) is 30.0 Å². The number of carbonyl (C=O) groups is 1. The van der Waals surface area contributed by atoms with Crippen molar-refractivity contribution in [2.45, 2.75) is 24.8 Å². The molecule has 3 saturated heterocycles. The van der Waals surface area contributed by atoms with Gasteiger partial charge >= 0.3 is 6.03 Å². The Morgan fingerprint density at radius 1 is 1.08 bits per heavy atom. The first-order valence-electron chi connectivity index (χ1n) is 12.9. The van der Waals surface area contributed by atoms with Crippen LogP contribution in [0.4, 0.5) is 10.5 Å². The zero-order valence-corrected chi connectivity index (χ0v) is 20.9. The molecule has 2 N–H and O–H groups in total. The first-order valence-corrected chi connectivity index (χ1v) is 12.9. The minimum atomic E-state index is -0.235. The molecule has 4 atom stereocenters. The maximum Gasteiger partial charge on any atom is 0.319 e. The maximum atomic E-state index is 12.5. The predicted molar refractivity (Wildman–Crippen MR) is 145 cm³/mol. The maximum absolute atomic E-state index is 12.5. The topological polar surface area (TPSA) is 86.0 Å². The average Bonchev–Trinajstić information content (AvgIpc) is 3.33. The van der Waals surface area contributed by atoms with Crippen molar-refractivity contribution in [3.63, 3.8) is 0 Å². The van der Waals surface area contributed by atoms with E-state index >= 15 is 0 Å². The third-order valence-electron chi connectivity index (χ3n) is 7.97. The lowest BCUT2D eigenvalue weighted by atomic mass is 9.74. The van der Waals surface area contributed by atoms with E-state index in [9.17, 15) is 4.79 Å². The van der Waals surface area contributed by atoms with Crippen molar-refractivity contribution in [1.82, 2.24) is 20.0 Å². The second kappa shape index (κ2) is 9.72. The first-order chi connectivity index (χ1) is 18.1. The van der Waals surface area contributed by atoms with Crippen LogP contribution in [0.15, 0.2) is 72.8 Å². The third kappa shape index (κ3) is 4.68. The van der Waals surface area contributed by atoms with Crippen LogP contribution in [0, 0.1) is 17.2 Å². The number of nitriles is 1. The van der Waals surface area contributed by atoms with Crippen molar-refractivity contribution >= 4 is 22.5 Å². The van der Waals surface area contributed by atoms with Gasteiger partial charge in [-0.25, -0.2) is 4.79 Å². The summed E-state index contributed by atoms with van der Waals surface area (Å²) in [6, 6.07) is 26.4. The van der Waals surface area contributed by atoms with E-state index in [1.165, 1.54) is 22.9 Å². The molecule has 7 nitrogen and oxygen atoms in total. The first kappa shape index (κ1) is 23.3. The van der Waals surface area contributed by atoms with Gasteiger partial charge in [0.05, 0.1) is 17.3 Å². The van der Waals surface area contributed by atoms with Crippen LogP contribution in [0.2, 0.25) is 0 Å². The number of rotatable bonds is 5. The second-order valence-corrected chi connectivity index (χ2v) is 10.2. The fourth-order valence-electron chi connectivity index (χ4n) is 6.06. The second-order valence-electron chi connectivity index (χ2n) is 10.2. The summed E-state index contributed by atoms with van der Waals surface area (Å²) in [5, 5.41) is 22.3. The molecule has 3 aliphatic heterocycles. The van der Waals surface area contributed by atoms with Gasteiger partial charge in [0.15, 0.2) is 0 Å². The Hall–Kier alpha value is -4.15. The lowest BCUT2D eigenvalue weighted by Crippen LogP contribution is -2.56. The number of nitrogens with zero attached hydrogens (tertiary/aromatic N) is 4. The van der Waals surface area contributed by atoms with Gasteiger partial charge in [0.25, 0.3) is 0 Å². The van der Waals surface area contributed by atoms with Crippen LogP contribution in [0.25, 0.3) is 22.0 Å². The number of aromatic nitrogens is 2. The summed E-state index contributed by atoms with van der Waals surface area (Å²) in [6.07, 6.45) is 2.23.